The highest BCUT2D eigenvalue weighted by atomic mass is 16.6. The fraction of sp³-hybridized carbons (Fsp3) is 0.600. The molecule has 1 atom stereocenters. The molecule has 1 aliphatic heterocycles. The number of nitro benzene ring substituents is 1. The number of nitrogens with zero attached hydrogens (tertiary/aromatic N) is 2. The van der Waals surface area contributed by atoms with Gasteiger partial charge in [-0.2, -0.15) is 0 Å². The highest BCUT2D eigenvalue weighted by Gasteiger charge is 2.34. The van der Waals surface area contributed by atoms with Crippen LogP contribution in [-0.2, 0) is 4.74 Å². The lowest BCUT2D eigenvalue weighted by atomic mass is 9.94. The van der Waals surface area contributed by atoms with Gasteiger partial charge in [-0.05, 0) is 38.8 Å². The monoisotopic (exact) mass is 293 g/mol. The van der Waals surface area contributed by atoms with Gasteiger partial charge in [0, 0.05) is 26.7 Å². The van der Waals surface area contributed by atoms with Crippen LogP contribution >= 0.6 is 0 Å². The third-order valence-corrected chi connectivity index (χ3v) is 4.06. The summed E-state index contributed by atoms with van der Waals surface area (Å²) in [6.07, 6.45) is 1.94. The molecule has 0 aliphatic carbocycles. The Balaban J connectivity index is 2.38. The fourth-order valence-corrected chi connectivity index (χ4v) is 2.89. The Bertz CT molecular complexity index is 521. The third kappa shape index (κ3) is 3.26. The minimum atomic E-state index is -0.300. The third-order valence-electron chi connectivity index (χ3n) is 4.06. The van der Waals surface area contributed by atoms with Crippen molar-refractivity contribution in [3.8, 4) is 0 Å². The Labute approximate surface area is 125 Å². The molecule has 0 bridgehead atoms. The summed E-state index contributed by atoms with van der Waals surface area (Å²) in [6, 6.07) is 5.43. The molecular formula is C15H23N3O3. The molecule has 1 heterocycles. The van der Waals surface area contributed by atoms with E-state index in [1.54, 1.807) is 13.2 Å². The van der Waals surface area contributed by atoms with Crippen LogP contribution in [0.4, 0.5) is 17.1 Å². The molecule has 0 aromatic heterocycles. The lowest BCUT2D eigenvalue weighted by Crippen LogP contribution is -2.47. The number of nitro groups is 1. The van der Waals surface area contributed by atoms with Crippen LogP contribution in [0, 0.1) is 10.1 Å². The van der Waals surface area contributed by atoms with E-state index >= 15 is 0 Å². The van der Waals surface area contributed by atoms with Crippen molar-refractivity contribution in [1.29, 1.82) is 0 Å². The van der Waals surface area contributed by atoms with Crippen molar-refractivity contribution in [2.24, 2.45) is 0 Å². The standard InChI is InChI=1S/C15H23N3O3/c1-4-16-12-7-5-8-13(14(12)18(19)20)17-10-6-9-15(2,11-17)21-3/h5,7-8,16H,4,6,9-11H2,1-3H3. The Hall–Kier alpha value is -1.82. The van der Waals surface area contributed by atoms with Crippen LogP contribution < -0.4 is 10.2 Å². The average molecular weight is 293 g/mol. The van der Waals surface area contributed by atoms with Gasteiger partial charge >= 0.3 is 5.69 Å². The van der Waals surface area contributed by atoms with Gasteiger partial charge in [-0.25, -0.2) is 0 Å². The van der Waals surface area contributed by atoms with E-state index in [9.17, 15) is 10.1 Å². The van der Waals surface area contributed by atoms with E-state index < -0.39 is 0 Å². The fourth-order valence-electron chi connectivity index (χ4n) is 2.89. The van der Waals surface area contributed by atoms with E-state index in [4.69, 9.17) is 4.74 Å². The molecule has 6 heteroatoms. The zero-order valence-corrected chi connectivity index (χ0v) is 12.9. The molecule has 1 fully saturated rings. The summed E-state index contributed by atoms with van der Waals surface area (Å²) < 4.78 is 5.58. The predicted molar refractivity (Wildman–Crippen MR) is 84.1 cm³/mol. The number of hydrogen-bond donors (Lipinski definition) is 1. The van der Waals surface area contributed by atoms with Crippen LogP contribution in [0.1, 0.15) is 26.7 Å². The summed E-state index contributed by atoms with van der Waals surface area (Å²) in [4.78, 5) is 13.3. The maximum Gasteiger partial charge on any atom is 0.315 e. The second kappa shape index (κ2) is 6.30. The van der Waals surface area contributed by atoms with E-state index in [0.29, 0.717) is 24.5 Å². The summed E-state index contributed by atoms with van der Waals surface area (Å²) >= 11 is 0. The van der Waals surface area contributed by atoms with Crippen LogP contribution in [0.2, 0.25) is 0 Å². The summed E-state index contributed by atoms with van der Waals surface area (Å²) in [5, 5.41) is 14.6. The van der Waals surface area contributed by atoms with Gasteiger partial charge in [0.1, 0.15) is 11.4 Å². The highest BCUT2D eigenvalue weighted by molar-refractivity contribution is 5.77. The molecule has 1 saturated heterocycles. The van der Waals surface area contributed by atoms with Gasteiger partial charge in [0.2, 0.25) is 0 Å². The molecule has 6 nitrogen and oxygen atoms in total. The van der Waals surface area contributed by atoms with Gasteiger partial charge < -0.3 is 15.0 Å². The summed E-state index contributed by atoms with van der Waals surface area (Å²) in [5.41, 5.74) is 1.14. The maximum absolute atomic E-state index is 11.5. The van der Waals surface area contributed by atoms with Gasteiger partial charge in [-0.3, -0.25) is 10.1 Å². The normalized spacial score (nSPS) is 22.1. The topological polar surface area (TPSA) is 67.6 Å². The molecule has 0 radical (unpaired) electrons. The van der Waals surface area contributed by atoms with Crippen molar-refractivity contribution >= 4 is 17.1 Å². The molecule has 1 aromatic carbocycles. The first-order valence-electron chi connectivity index (χ1n) is 7.32. The molecule has 116 valence electrons. The number of benzene rings is 1. The van der Waals surface area contributed by atoms with Crippen molar-refractivity contribution in [3.63, 3.8) is 0 Å². The average Bonchev–Trinajstić information content (AvgIpc) is 2.47. The molecular weight excluding hydrogens is 270 g/mol. The highest BCUT2D eigenvalue weighted by Crippen LogP contribution is 2.38. The number of methoxy groups -OCH3 is 1. The molecule has 2 rings (SSSR count). The summed E-state index contributed by atoms with van der Waals surface area (Å²) in [6.45, 7) is 6.12. The van der Waals surface area contributed by atoms with Crippen LogP contribution in [-0.4, -0.2) is 37.3 Å². The molecule has 21 heavy (non-hydrogen) atoms. The number of piperidine rings is 1. The lowest BCUT2D eigenvalue weighted by molar-refractivity contribution is -0.383. The van der Waals surface area contributed by atoms with E-state index in [1.165, 1.54) is 0 Å². The van der Waals surface area contributed by atoms with Crippen LogP contribution in [0.5, 0.6) is 0 Å². The van der Waals surface area contributed by atoms with Gasteiger partial charge in [0.15, 0.2) is 0 Å². The zero-order chi connectivity index (χ0) is 15.5. The Morgan fingerprint density at radius 1 is 1.52 bits per heavy atom. The van der Waals surface area contributed by atoms with E-state index in [-0.39, 0.29) is 16.2 Å². The number of para-hydroxylation sites is 1. The maximum atomic E-state index is 11.5. The number of hydrogen-bond acceptors (Lipinski definition) is 5. The SMILES string of the molecule is CCNc1cccc(N2CCCC(C)(OC)C2)c1[N+](=O)[O-]. The minimum Gasteiger partial charge on any atom is -0.380 e. The molecule has 1 N–H and O–H groups in total. The number of rotatable bonds is 5. The van der Waals surface area contributed by atoms with Gasteiger partial charge in [-0.1, -0.05) is 6.07 Å². The second-order valence-corrected chi connectivity index (χ2v) is 5.64. The van der Waals surface area contributed by atoms with Crippen LogP contribution in [0.15, 0.2) is 18.2 Å². The van der Waals surface area contributed by atoms with Crippen molar-refractivity contribution in [2.45, 2.75) is 32.3 Å². The second-order valence-electron chi connectivity index (χ2n) is 5.64. The number of nitrogens with one attached hydrogen (secondary N) is 1. The van der Waals surface area contributed by atoms with Gasteiger partial charge in [0.25, 0.3) is 0 Å². The molecule has 1 aliphatic rings. The van der Waals surface area contributed by atoms with Crippen molar-refractivity contribution in [1.82, 2.24) is 0 Å². The Kier molecular flexibility index (Phi) is 4.67. The molecule has 0 spiro atoms. The molecule has 0 amide bonds. The number of anilines is 2. The van der Waals surface area contributed by atoms with E-state index in [1.807, 2.05) is 19.1 Å². The van der Waals surface area contributed by atoms with Gasteiger partial charge in [0.05, 0.1) is 10.5 Å². The van der Waals surface area contributed by atoms with Crippen molar-refractivity contribution < 1.29 is 9.66 Å². The molecule has 1 aromatic rings. The Morgan fingerprint density at radius 3 is 2.90 bits per heavy atom. The predicted octanol–water partition coefficient (Wildman–Crippen LogP) is 3.03. The minimum absolute atomic E-state index is 0.153. The largest absolute Gasteiger partial charge is 0.380 e. The Morgan fingerprint density at radius 2 is 2.29 bits per heavy atom. The first-order chi connectivity index (χ1) is 10.0. The summed E-state index contributed by atoms with van der Waals surface area (Å²) in [7, 11) is 1.70. The lowest BCUT2D eigenvalue weighted by Gasteiger charge is -2.40. The van der Waals surface area contributed by atoms with E-state index in [2.05, 4.69) is 17.1 Å². The molecule has 0 saturated carbocycles. The van der Waals surface area contributed by atoms with E-state index in [0.717, 1.165) is 19.4 Å². The quantitative estimate of drug-likeness (QED) is 0.667. The molecule has 1 unspecified atom stereocenters. The van der Waals surface area contributed by atoms with Crippen LogP contribution in [0.3, 0.4) is 0 Å². The first kappa shape index (κ1) is 15.6. The smallest absolute Gasteiger partial charge is 0.315 e. The van der Waals surface area contributed by atoms with Crippen LogP contribution in [0.25, 0.3) is 0 Å². The summed E-state index contributed by atoms with van der Waals surface area (Å²) in [5.74, 6) is 0. The number of ether oxygens (including phenoxy) is 1. The van der Waals surface area contributed by atoms with Gasteiger partial charge in [-0.15, -0.1) is 0 Å². The first-order valence-corrected chi connectivity index (χ1v) is 7.32. The zero-order valence-electron chi connectivity index (χ0n) is 12.9. The van der Waals surface area contributed by atoms with Crippen molar-refractivity contribution in [3.05, 3.63) is 28.3 Å². The van der Waals surface area contributed by atoms with Crippen molar-refractivity contribution in [2.75, 3.05) is 37.0 Å².